The fourth-order valence-corrected chi connectivity index (χ4v) is 3.49. The van der Waals surface area contributed by atoms with Crippen LogP contribution in [0.25, 0.3) is 0 Å². The topological polar surface area (TPSA) is 81.9 Å². The second-order valence-corrected chi connectivity index (χ2v) is 7.84. The predicted molar refractivity (Wildman–Crippen MR) is 105 cm³/mol. The third-order valence-electron chi connectivity index (χ3n) is 5.31. The normalized spacial score (nSPS) is 18.6. The van der Waals surface area contributed by atoms with Crippen molar-refractivity contribution in [2.24, 2.45) is 5.92 Å². The molecule has 1 saturated heterocycles. The average Bonchev–Trinajstić information content (AvgIpc) is 3.18. The van der Waals surface area contributed by atoms with Gasteiger partial charge in [0.25, 0.3) is 5.91 Å². The molecule has 1 saturated carbocycles. The van der Waals surface area contributed by atoms with E-state index in [1.165, 1.54) is 19.8 Å². The maximum Gasteiger partial charge on any atom is 0.276 e. The minimum atomic E-state index is -0.124. The first-order valence-corrected chi connectivity index (χ1v) is 10.2. The summed E-state index contributed by atoms with van der Waals surface area (Å²) in [4.78, 5) is 26.3. The molecule has 1 aliphatic carbocycles. The molecule has 0 unspecified atom stereocenters. The summed E-state index contributed by atoms with van der Waals surface area (Å²) in [6.07, 6.45) is 4.50. The Morgan fingerprint density at radius 3 is 2.79 bits per heavy atom. The molecule has 2 heterocycles. The van der Waals surface area contributed by atoms with Gasteiger partial charge in [0.05, 0.1) is 6.10 Å². The largest absolute Gasteiger partial charge is 0.486 e. The van der Waals surface area contributed by atoms with Gasteiger partial charge in [0.15, 0.2) is 17.2 Å². The number of amides is 1. The maximum atomic E-state index is 13.0. The summed E-state index contributed by atoms with van der Waals surface area (Å²) in [5, 5.41) is 3.96. The molecule has 0 N–H and O–H groups in total. The highest BCUT2D eigenvalue weighted by molar-refractivity contribution is 5.94. The van der Waals surface area contributed by atoms with E-state index in [0.717, 1.165) is 26.0 Å². The Bertz CT molecular complexity index is 868. The molecule has 0 bridgehead atoms. The first-order valence-electron chi connectivity index (χ1n) is 10.2. The number of carbonyl (C=O) groups is 2. The predicted octanol–water partition coefficient (Wildman–Crippen LogP) is 3.49. The Kier molecular flexibility index (Phi) is 5.94. The van der Waals surface area contributed by atoms with E-state index in [4.69, 9.17) is 14.0 Å². The van der Waals surface area contributed by atoms with Crippen LogP contribution in [0, 0.1) is 5.92 Å². The summed E-state index contributed by atoms with van der Waals surface area (Å²) < 4.78 is 16.7. The second-order valence-electron chi connectivity index (χ2n) is 7.84. The molecule has 1 amide bonds. The van der Waals surface area contributed by atoms with Crippen molar-refractivity contribution in [1.82, 2.24) is 10.1 Å². The van der Waals surface area contributed by atoms with E-state index in [1.807, 2.05) is 4.90 Å². The summed E-state index contributed by atoms with van der Waals surface area (Å²) in [6, 6.07) is 8.59. The molecule has 154 valence electrons. The summed E-state index contributed by atoms with van der Waals surface area (Å²) in [6.45, 7) is 3.76. The number of hydrogen-bond donors (Lipinski definition) is 0. The van der Waals surface area contributed by atoms with Crippen LogP contribution in [0.1, 0.15) is 59.2 Å². The van der Waals surface area contributed by atoms with Crippen molar-refractivity contribution < 1.29 is 23.6 Å². The molecular formula is C22H26N2O5. The number of ether oxygens (including phenoxy) is 2. The van der Waals surface area contributed by atoms with Crippen molar-refractivity contribution in [1.29, 1.82) is 0 Å². The van der Waals surface area contributed by atoms with Crippen LogP contribution in [-0.4, -0.2) is 47.5 Å². The maximum absolute atomic E-state index is 13.0. The summed E-state index contributed by atoms with van der Waals surface area (Å²) in [5.41, 5.74) is 0.875. The van der Waals surface area contributed by atoms with Gasteiger partial charge in [-0.3, -0.25) is 9.59 Å². The van der Waals surface area contributed by atoms with Gasteiger partial charge in [-0.15, -0.1) is 0 Å². The van der Waals surface area contributed by atoms with Crippen molar-refractivity contribution >= 4 is 11.7 Å². The molecule has 4 rings (SSSR count). The van der Waals surface area contributed by atoms with Crippen LogP contribution in [-0.2, 0) is 11.3 Å². The van der Waals surface area contributed by atoms with Gasteiger partial charge in [0.2, 0.25) is 0 Å². The lowest BCUT2D eigenvalue weighted by Crippen LogP contribution is -2.39. The highest BCUT2D eigenvalue weighted by Crippen LogP contribution is 2.30. The lowest BCUT2D eigenvalue weighted by molar-refractivity contribution is 0.0507. The number of ketones is 1. The number of benzene rings is 1. The van der Waals surface area contributed by atoms with Crippen LogP contribution >= 0.6 is 0 Å². The van der Waals surface area contributed by atoms with Crippen LogP contribution in [0.15, 0.2) is 34.9 Å². The molecule has 1 aromatic carbocycles. The van der Waals surface area contributed by atoms with Gasteiger partial charge in [-0.05, 0) is 50.7 Å². The van der Waals surface area contributed by atoms with Crippen LogP contribution in [0.3, 0.4) is 0 Å². The van der Waals surface area contributed by atoms with Crippen LogP contribution in [0.4, 0.5) is 0 Å². The molecule has 29 heavy (non-hydrogen) atoms. The Balaban J connectivity index is 1.38. The molecule has 2 aromatic rings. The lowest BCUT2D eigenvalue weighted by atomic mass is 10.1. The molecule has 0 spiro atoms. The monoisotopic (exact) mass is 398 g/mol. The first-order chi connectivity index (χ1) is 14.1. The van der Waals surface area contributed by atoms with Crippen molar-refractivity contribution in [3.05, 3.63) is 47.3 Å². The average molecular weight is 398 g/mol. The SMILES string of the molecule is CC(=O)c1cccc(OCc2cc(C(=O)N(CC3CC3)C[C@@H]3CCCO3)no2)c1. The lowest BCUT2D eigenvalue weighted by Gasteiger charge is -2.24. The van der Waals surface area contributed by atoms with E-state index in [2.05, 4.69) is 5.16 Å². The quantitative estimate of drug-likeness (QED) is 0.602. The number of nitrogens with zero attached hydrogens (tertiary/aromatic N) is 2. The van der Waals surface area contributed by atoms with E-state index in [0.29, 0.717) is 35.2 Å². The van der Waals surface area contributed by atoms with Gasteiger partial charge >= 0.3 is 0 Å². The van der Waals surface area contributed by atoms with Crippen molar-refractivity contribution in [2.75, 3.05) is 19.7 Å². The van der Waals surface area contributed by atoms with Gasteiger partial charge in [0.1, 0.15) is 12.4 Å². The van der Waals surface area contributed by atoms with Crippen LogP contribution in [0.5, 0.6) is 5.75 Å². The molecule has 1 atom stereocenters. The Morgan fingerprint density at radius 1 is 1.21 bits per heavy atom. The third kappa shape index (κ3) is 5.23. The Labute approximate surface area is 169 Å². The molecule has 7 heteroatoms. The summed E-state index contributed by atoms with van der Waals surface area (Å²) in [7, 11) is 0. The molecule has 7 nitrogen and oxygen atoms in total. The smallest absolute Gasteiger partial charge is 0.276 e. The molecule has 1 aliphatic heterocycles. The van der Waals surface area contributed by atoms with E-state index >= 15 is 0 Å². The van der Waals surface area contributed by atoms with Crippen molar-refractivity contribution in [3.8, 4) is 5.75 Å². The zero-order valence-corrected chi connectivity index (χ0v) is 16.6. The zero-order chi connectivity index (χ0) is 20.2. The molecule has 0 radical (unpaired) electrons. The minimum absolute atomic E-state index is 0.0232. The summed E-state index contributed by atoms with van der Waals surface area (Å²) >= 11 is 0. The molecule has 1 aromatic heterocycles. The van der Waals surface area contributed by atoms with Crippen LogP contribution < -0.4 is 4.74 Å². The standard InChI is InChI=1S/C22H26N2O5/c1-15(25)17-4-2-5-18(10-17)28-14-20-11-21(23-29-20)22(26)24(12-16-7-8-16)13-19-6-3-9-27-19/h2,4-5,10-11,16,19H,3,6-9,12-14H2,1H3/t19-/m0/s1. The zero-order valence-electron chi connectivity index (χ0n) is 16.6. The Morgan fingerprint density at radius 2 is 2.07 bits per heavy atom. The minimum Gasteiger partial charge on any atom is -0.486 e. The van der Waals surface area contributed by atoms with E-state index in [9.17, 15) is 9.59 Å². The van der Waals surface area contributed by atoms with Gasteiger partial charge in [0, 0.05) is 31.3 Å². The molecule has 2 aliphatic rings. The number of rotatable bonds is 9. The van der Waals surface area contributed by atoms with Gasteiger partial charge in [-0.2, -0.15) is 0 Å². The van der Waals surface area contributed by atoms with E-state index in [1.54, 1.807) is 30.3 Å². The summed E-state index contributed by atoms with van der Waals surface area (Å²) in [5.74, 6) is 1.47. The number of carbonyl (C=O) groups excluding carboxylic acids is 2. The third-order valence-corrected chi connectivity index (χ3v) is 5.31. The van der Waals surface area contributed by atoms with E-state index in [-0.39, 0.29) is 24.4 Å². The van der Waals surface area contributed by atoms with Crippen LogP contribution in [0.2, 0.25) is 0 Å². The van der Waals surface area contributed by atoms with E-state index < -0.39 is 0 Å². The van der Waals surface area contributed by atoms with Crippen molar-refractivity contribution in [3.63, 3.8) is 0 Å². The highest BCUT2D eigenvalue weighted by Gasteiger charge is 2.31. The van der Waals surface area contributed by atoms with Gasteiger partial charge in [-0.1, -0.05) is 17.3 Å². The number of aromatic nitrogens is 1. The second kappa shape index (κ2) is 8.78. The van der Waals surface area contributed by atoms with Gasteiger partial charge in [-0.25, -0.2) is 0 Å². The Hall–Kier alpha value is -2.67. The highest BCUT2D eigenvalue weighted by atomic mass is 16.5. The number of hydrogen-bond acceptors (Lipinski definition) is 6. The molecular weight excluding hydrogens is 372 g/mol. The first kappa shape index (κ1) is 19.6. The fraction of sp³-hybridized carbons (Fsp3) is 0.500. The fourth-order valence-electron chi connectivity index (χ4n) is 3.49. The van der Waals surface area contributed by atoms with Gasteiger partial charge < -0.3 is 18.9 Å². The number of Topliss-reactive ketones (excluding diaryl/α,β-unsaturated/α-hetero) is 1. The van der Waals surface area contributed by atoms with Crippen molar-refractivity contribution in [2.45, 2.75) is 45.3 Å². The molecule has 2 fully saturated rings.